The van der Waals surface area contributed by atoms with Crippen molar-refractivity contribution in [2.45, 2.75) is 20.0 Å². The molecule has 68 valence electrons. The van der Waals surface area contributed by atoms with Crippen molar-refractivity contribution >= 4 is 22.6 Å². The number of aryl methyl sites for hydroxylation is 1. The second-order valence-electron chi connectivity index (χ2n) is 2.65. The third-order valence-corrected chi connectivity index (χ3v) is 2.34. The number of hydrogen-bond acceptors (Lipinski definition) is 2. The van der Waals surface area contributed by atoms with E-state index in [1.807, 2.05) is 17.9 Å². The Hall–Kier alpha value is -0.100. The van der Waals surface area contributed by atoms with E-state index < -0.39 is 0 Å². The molecule has 4 heteroatoms. The zero-order chi connectivity index (χ0) is 8.97. The lowest BCUT2D eigenvalue weighted by molar-refractivity contribution is 0.118. The summed E-state index contributed by atoms with van der Waals surface area (Å²) in [5.41, 5.74) is 1.03. The fourth-order valence-corrected chi connectivity index (χ4v) is 1.58. The monoisotopic (exact) mass is 280 g/mol. The van der Waals surface area contributed by atoms with Gasteiger partial charge in [0.1, 0.15) is 5.69 Å². The number of halogens is 1. The Balaban J connectivity index is 2.45. The maximum atomic E-state index is 5.38. The van der Waals surface area contributed by atoms with Gasteiger partial charge in [0, 0.05) is 19.9 Å². The first-order valence-electron chi connectivity index (χ1n) is 3.99. The minimum absolute atomic E-state index is 0.632. The maximum Gasteiger partial charge on any atom is 0.101 e. The van der Waals surface area contributed by atoms with Crippen molar-refractivity contribution in [2.75, 3.05) is 6.61 Å². The van der Waals surface area contributed by atoms with Gasteiger partial charge in [-0.3, -0.25) is 4.68 Å². The summed E-state index contributed by atoms with van der Waals surface area (Å²) in [6.07, 6.45) is 3.05. The molecule has 1 rings (SSSR count). The van der Waals surface area contributed by atoms with E-state index in [1.165, 1.54) is 3.57 Å². The zero-order valence-electron chi connectivity index (χ0n) is 7.38. The van der Waals surface area contributed by atoms with Crippen LogP contribution in [0.4, 0.5) is 0 Å². The molecule has 0 N–H and O–H groups in total. The van der Waals surface area contributed by atoms with E-state index in [2.05, 4.69) is 34.6 Å². The van der Waals surface area contributed by atoms with Gasteiger partial charge >= 0.3 is 0 Å². The van der Waals surface area contributed by atoms with Crippen molar-refractivity contribution < 1.29 is 4.74 Å². The maximum absolute atomic E-state index is 5.38. The van der Waals surface area contributed by atoms with Gasteiger partial charge in [0.15, 0.2) is 0 Å². The van der Waals surface area contributed by atoms with Gasteiger partial charge in [0.25, 0.3) is 0 Å². The second-order valence-corrected chi connectivity index (χ2v) is 3.81. The highest BCUT2D eigenvalue weighted by atomic mass is 127. The lowest BCUT2D eigenvalue weighted by atomic mass is 10.4. The Morgan fingerprint density at radius 2 is 2.42 bits per heavy atom. The van der Waals surface area contributed by atoms with Crippen LogP contribution in [0, 0.1) is 3.57 Å². The molecular weight excluding hydrogens is 267 g/mol. The summed E-state index contributed by atoms with van der Waals surface area (Å²) in [6, 6.07) is 0. The van der Waals surface area contributed by atoms with Crippen molar-refractivity contribution in [1.29, 1.82) is 0 Å². The highest BCUT2D eigenvalue weighted by Crippen LogP contribution is 2.10. The van der Waals surface area contributed by atoms with Crippen LogP contribution >= 0.6 is 22.6 Å². The molecule has 0 saturated carbocycles. The van der Waals surface area contributed by atoms with E-state index in [9.17, 15) is 0 Å². The number of hydrogen-bond donors (Lipinski definition) is 0. The Bertz CT molecular complexity index is 247. The molecule has 0 aliphatic carbocycles. The van der Waals surface area contributed by atoms with E-state index >= 15 is 0 Å². The summed E-state index contributed by atoms with van der Waals surface area (Å²) in [6.45, 7) is 3.54. The molecule has 0 atom stereocenters. The quantitative estimate of drug-likeness (QED) is 0.622. The van der Waals surface area contributed by atoms with Crippen molar-refractivity contribution in [2.24, 2.45) is 7.05 Å². The Morgan fingerprint density at radius 1 is 1.67 bits per heavy atom. The smallest absolute Gasteiger partial charge is 0.101 e. The van der Waals surface area contributed by atoms with Gasteiger partial charge in [-0.15, -0.1) is 0 Å². The molecule has 0 aliphatic rings. The van der Waals surface area contributed by atoms with Crippen molar-refractivity contribution in [1.82, 2.24) is 9.78 Å². The van der Waals surface area contributed by atoms with Crippen LogP contribution in [-0.4, -0.2) is 16.4 Å². The van der Waals surface area contributed by atoms with Crippen molar-refractivity contribution in [3.05, 3.63) is 15.5 Å². The Kier molecular flexibility index (Phi) is 4.00. The SMILES string of the molecule is CCCOCc1nn(C)cc1I. The molecule has 12 heavy (non-hydrogen) atoms. The van der Waals surface area contributed by atoms with Gasteiger partial charge in [0.05, 0.1) is 10.2 Å². The molecule has 0 aliphatic heterocycles. The standard InChI is InChI=1S/C8H13IN2O/c1-3-4-12-6-8-7(9)5-11(2)10-8/h5H,3-4,6H2,1-2H3. The third kappa shape index (κ3) is 2.75. The lowest BCUT2D eigenvalue weighted by Gasteiger charge is -1.98. The minimum atomic E-state index is 0.632. The van der Waals surface area contributed by atoms with Gasteiger partial charge in [-0.05, 0) is 29.0 Å². The summed E-state index contributed by atoms with van der Waals surface area (Å²) in [5, 5.41) is 4.27. The topological polar surface area (TPSA) is 27.1 Å². The number of nitrogens with zero attached hydrogens (tertiary/aromatic N) is 2. The number of rotatable bonds is 4. The van der Waals surface area contributed by atoms with E-state index in [1.54, 1.807) is 0 Å². The van der Waals surface area contributed by atoms with Crippen molar-refractivity contribution in [3.63, 3.8) is 0 Å². The highest BCUT2D eigenvalue weighted by molar-refractivity contribution is 14.1. The van der Waals surface area contributed by atoms with Crippen LogP contribution in [-0.2, 0) is 18.4 Å². The predicted molar refractivity (Wildman–Crippen MR) is 55.9 cm³/mol. The molecular formula is C8H13IN2O. The summed E-state index contributed by atoms with van der Waals surface area (Å²) in [4.78, 5) is 0. The normalized spacial score (nSPS) is 10.6. The van der Waals surface area contributed by atoms with Crippen LogP contribution in [0.3, 0.4) is 0 Å². The zero-order valence-corrected chi connectivity index (χ0v) is 9.54. The average molecular weight is 280 g/mol. The van der Waals surface area contributed by atoms with Crippen LogP contribution in [0.25, 0.3) is 0 Å². The van der Waals surface area contributed by atoms with E-state index in [-0.39, 0.29) is 0 Å². The highest BCUT2D eigenvalue weighted by Gasteiger charge is 2.03. The van der Waals surface area contributed by atoms with Crippen molar-refractivity contribution in [3.8, 4) is 0 Å². The fourth-order valence-electron chi connectivity index (χ4n) is 0.917. The molecule has 0 aromatic carbocycles. The molecule has 0 spiro atoms. The van der Waals surface area contributed by atoms with E-state index in [0.29, 0.717) is 6.61 Å². The number of ether oxygens (including phenoxy) is 1. The molecule has 1 aromatic heterocycles. The van der Waals surface area contributed by atoms with Crippen LogP contribution in [0.1, 0.15) is 19.0 Å². The Labute approximate surface area is 86.2 Å². The summed E-state index contributed by atoms with van der Waals surface area (Å²) < 4.78 is 8.37. The predicted octanol–water partition coefficient (Wildman–Crippen LogP) is 1.95. The molecule has 0 unspecified atom stereocenters. The van der Waals surface area contributed by atoms with Gasteiger partial charge in [-0.1, -0.05) is 6.92 Å². The molecule has 0 amide bonds. The summed E-state index contributed by atoms with van der Waals surface area (Å²) >= 11 is 2.27. The van der Waals surface area contributed by atoms with E-state index in [4.69, 9.17) is 4.74 Å². The molecule has 0 saturated heterocycles. The van der Waals surface area contributed by atoms with Crippen LogP contribution in [0.15, 0.2) is 6.20 Å². The third-order valence-electron chi connectivity index (χ3n) is 1.44. The first kappa shape index (κ1) is 9.98. The van der Waals surface area contributed by atoms with E-state index in [0.717, 1.165) is 18.7 Å². The summed E-state index contributed by atoms with van der Waals surface area (Å²) in [7, 11) is 1.92. The van der Waals surface area contributed by atoms with Crippen LogP contribution in [0.2, 0.25) is 0 Å². The molecule has 0 fully saturated rings. The van der Waals surface area contributed by atoms with Gasteiger partial charge in [-0.2, -0.15) is 5.10 Å². The Morgan fingerprint density at radius 3 is 2.92 bits per heavy atom. The van der Waals surface area contributed by atoms with Gasteiger partial charge in [0.2, 0.25) is 0 Å². The molecule has 0 bridgehead atoms. The van der Waals surface area contributed by atoms with Gasteiger partial charge < -0.3 is 4.74 Å². The number of aromatic nitrogens is 2. The molecule has 1 aromatic rings. The molecule has 1 heterocycles. The minimum Gasteiger partial charge on any atom is -0.375 e. The van der Waals surface area contributed by atoms with Crippen LogP contribution < -0.4 is 0 Å². The largest absolute Gasteiger partial charge is 0.375 e. The first-order chi connectivity index (χ1) is 5.74. The molecule has 3 nitrogen and oxygen atoms in total. The summed E-state index contributed by atoms with van der Waals surface area (Å²) in [5.74, 6) is 0. The average Bonchev–Trinajstić information content (AvgIpc) is 2.31. The first-order valence-corrected chi connectivity index (χ1v) is 5.07. The van der Waals surface area contributed by atoms with Crippen LogP contribution in [0.5, 0.6) is 0 Å². The fraction of sp³-hybridized carbons (Fsp3) is 0.625. The second kappa shape index (κ2) is 4.81. The molecule has 0 radical (unpaired) electrons. The lowest BCUT2D eigenvalue weighted by Crippen LogP contribution is -1.97. The van der Waals surface area contributed by atoms with Gasteiger partial charge in [-0.25, -0.2) is 0 Å².